The van der Waals surface area contributed by atoms with Crippen molar-refractivity contribution in [1.82, 2.24) is 0 Å². The quantitative estimate of drug-likeness (QED) is 0.470. The zero-order valence-corrected chi connectivity index (χ0v) is 10.4. The van der Waals surface area contributed by atoms with E-state index in [0.29, 0.717) is 16.2 Å². The Morgan fingerprint density at radius 3 is 2.65 bits per heavy atom. The lowest BCUT2D eigenvalue weighted by Gasteiger charge is -2.07. The van der Waals surface area contributed by atoms with Crippen molar-refractivity contribution < 1.29 is 9.53 Å². The molecule has 0 N–H and O–H groups in total. The van der Waals surface area contributed by atoms with Crippen molar-refractivity contribution in [3.8, 4) is 6.07 Å². The van der Waals surface area contributed by atoms with E-state index >= 15 is 0 Å². The van der Waals surface area contributed by atoms with E-state index < -0.39 is 5.97 Å². The van der Waals surface area contributed by atoms with Crippen LogP contribution in [0, 0.1) is 11.3 Å². The first kappa shape index (κ1) is 13.3. The molecule has 0 heterocycles. The normalized spacial score (nSPS) is 11.4. The largest absolute Gasteiger partial charge is 0.462 e. The van der Waals surface area contributed by atoms with E-state index in [9.17, 15) is 4.79 Å². The van der Waals surface area contributed by atoms with Crippen LogP contribution in [-0.2, 0) is 9.53 Å². The second-order valence-electron chi connectivity index (χ2n) is 3.31. The molecule has 0 amide bonds. The van der Waals surface area contributed by atoms with Crippen LogP contribution >= 0.6 is 11.6 Å². The van der Waals surface area contributed by atoms with Crippen LogP contribution in [0.4, 0.5) is 0 Å². The SMILES string of the molecule is CCOC(=O)C(C#N)=C(C)c1ccccc1Cl. The van der Waals surface area contributed by atoms with Crippen LogP contribution in [0.25, 0.3) is 5.57 Å². The van der Waals surface area contributed by atoms with Crippen molar-refractivity contribution in [3.63, 3.8) is 0 Å². The highest BCUT2D eigenvalue weighted by atomic mass is 35.5. The highest BCUT2D eigenvalue weighted by molar-refractivity contribution is 6.32. The third-order valence-electron chi connectivity index (χ3n) is 2.24. The van der Waals surface area contributed by atoms with Crippen molar-refractivity contribution in [2.24, 2.45) is 0 Å². The Morgan fingerprint density at radius 1 is 1.47 bits per heavy atom. The van der Waals surface area contributed by atoms with Gasteiger partial charge in [0.2, 0.25) is 0 Å². The predicted octanol–water partition coefficient (Wildman–Crippen LogP) is 3.20. The zero-order valence-electron chi connectivity index (χ0n) is 9.66. The molecule has 0 aromatic heterocycles. The van der Waals surface area contributed by atoms with Gasteiger partial charge in [0.25, 0.3) is 0 Å². The Labute approximate surface area is 105 Å². The van der Waals surface area contributed by atoms with Crippen LogP contribution in [0.2, 0.25) is 5.02 Å². The van der Waals surface area contributed by atoms with Gasteiger partial charge in [-0.05, 0) is 31.1 Å². The minimum Gasteiger partial charge on any atom is -0.462 e. The number of hydrogen-bond donors (Lipinski definition) is 0. The summed E-state index contributed by atoms with van der Waals surface area (Å²) in [6.07, 6.45) is 0. The monoisotopic (exact) mass is 249 g/mol. The fourth-order valence-corrected chi connectivity index (χ4v) is 1.66. The molecule has 0 saturated carbocycles. The van der Waals surface area contributed by atoms with Crippen LogP contribution < -0.4 is 0 Å². The molecule has 88 valence electrons. The molecule has 0 radical (unpaired) electrons. The number of halogens is 1. The Bertz CT molecular complexity index is 500. The smallest absolute Gasteiger partial charge is 0.349 e. The average Bonchev–Trinajstić information content (AvgIpc) is 2.30. The second kappa shape index (κ2) is 6.07. The summed E-state index contributed by atoms with van der Waals surface area (Å²) >= 11 is 6.01. The number of hydrogen-bond acceptors (Lipinski definition) is 3. The molecule has 0 aliphatic carbocycles. The molecule has 0 unspecified atom stereocenters. The summed E-state index contributed by atoms with van der Waals surface area (Å²) in [5, 5.41) is 9.50. The van der Waals surface area contributed by atoms with Crippen molar-refractivity contribution in [2.45, 2.75) is 13.8 Å². The van der Waals surface area contributed by atoms with Gasteiger partial charge in [-0.15, -0.1) is 0 Å². The van der Waals surface area contributed by atoms with Crippen molar-refractivity contribution in [2.75, 3.05) is 6.61 Å². The number of rotatable bonds is 3. The lowest BCUT2D eigenvalue weighted by molar-refractivity contribution is -0.137. The third-order valence-corrected chi connectivity index (χ3v) is 2.57. The molecule has 1 rings (SSSR count). The fraction of sp³-hybridized carbons (Fsp3) is 0.231. The number of carbonyl (C=O) groups excluding carboxylic acids is 1. The van der Waals surface area contributed by atoms with E-state index in [4.69, 9.17) is 21.6 Å². The maximum Gasteiger partial charge on any atom is 0.349 e. The van der Waals surface area contributed by atoms with Crippen molar-refractivity contribution in [3.05, 3.63) is 40.4 Å². The fourth-order valence-electron chi connectivity index (χ4n) is 1.39. The van der Waals surface area contributed by atoms with Gasteiger partial charge < -0.3 is 4.74 Å². The summed E-state index contributed by atoms with van der Waals surface area (Å²) in [5.74, 6) is -0.618. The summed E-state index contributed by atoms with van der Waals surface area (Å²) in [6, 6.07) is 8.91. The molecule has 1 aromatic rings. The summed E-state index contributed by atoms with van der Waals surface area (Å²) in [5.41, 5.74) is 1.18. The predicted molar refractivity (Wildman–Crippen MR) is 66.3 cm³/mol. The molecule has 3 nitrogen and oxygen atoms in total. The van der Waals surface area contributed by atoms with Crippen LogP contribution in [-0.4, -0.2) is 12.6 Å². The standard InChI is InChI=1S/C13H12ClNO2/c1-3-17-13(16)11(8-15)9(2)10-6-4-5-7-12(10)14/h4-7H,3H2,1-2H3. The first-order chi connectivity index (χ1) is 8.11. The minimum atomic E-state index is -0.618. The molecule has 4 heteroatoms. The van der Waals surface area contributed by atoms with Crippen molar-refractivity contribution in [1.29, 1.82) is 5.26 Å². The maximum absolute atomic E-state index is 11.6. The van der Waals surface area contributed by atoms with Gasteiger partial charge in [-0.3, -0.25) is 0 Å². The maximum atomic E-state index is 11.6. The van der Waals surface area contributed by atoms with E-state index in [1.165, 1.54) is 0 Å². The van der Waals surface area contributed by atoms with E-state index in [1.807, 2.05) is 6.07 Å². The molecule has 0 atom stereocenters. The molecule has 0 aliphatic rings. The van der Waals surface area contributed by atoms with Gasteiger partial charge in [0.05, 0.1) is 6.61 Å². The van der Waals surface area contributed by atoms with E-state index in [1.54, 1.807) is 38.1 Å². The molecule has 0 fully saturated rings. The minimum absolute atomic E-state index is 0.0139. The highest BCUT2D eigenvalue weighted by Gasteiger charge is 2.16. The molecular weight excluding hydrogens is 238 g/mol. The van der Waals surface area contributed by atoms with E-state index in [0.717, 1.165) is 0 Å². The molecule has 0 saturated heterocycles. The molecule has 0 aliphatic heterocycles. The molecular formula is C13H12ClNO2. The van der Waals surface area contributed by atoms with Gasteiger partial charge in [-0.25, -0.2) is 4.79 Å². The number of nitrogens with zero attached hydrogens (tertiary/aromatic N) is 1. The number of esters is 1. The third kappa shape index (κ3) is 3.08. The molecule has 17 heavy (non-hydrogen) atoms. The topological polar surface area (TPSA) is 50.1 Å². The Morgan fingerprint density at radius 2 is 2.12 bits per heavy atom. The van der Waals surface area contributed by atoms with Gasteiger partial charge in [0.1, 0.15) is 11.6 Å². The lowest BCUT2D eigenvalue weighted by atomic mass is 10.0. The van der Waals surface area contributed by atoms with Gasteiger partial charge in [-0.2, -0.15) is 5.26 Å². The van der Waals surface area contributed by atoms with Crippen LogP contribution in [0.3, 0.4) is 0 Å². The number of carbonyl (C=O) groups is 1. The molecule has 0 bridgehead atoms. The lowest BCUT2D eigenvalue weighted by Crippen LogP contribution is -2.08. The highest BCUT2D eigenvalue weighted by Crippen LogP contribution is 2.26. The first-order valence-corrected chi connectivity index (χ1v) is 5.52. The van der Waals surface area contributed by atoms with Gasteiger partial charge >= 0.3 is 5.97 Å². The Balaban J connectivity index is 3.24. The summed E-state index contributed by atoms with van der Waals surface area (Å²) in [7, 11) is 0. The number of benzene rings is 1. The zero-order chi connectivity index (χ0) is 12.8. The number of nitriles is 1. The summed E-state index contributed by atoms with van der Waals surface area (Å²) < 4.78 is 4.82. The van der Waals surface area contributed by atoms with Crippen LogP contribution in [0.5, 0.6) is 0 Å². The Kier molecular flexibility index (Phi) is 4.74. The molecule has 0 spiro atoms. The summed E-state index contributed by atoms with van der Waals surface area (Å²) in [4.78, 5) is 11.6. The van der Waals surface area contributed by atoms with E-state index in [2.05, 4.69) is 0 Å². The Hall–Kier alpha value is -1.79. The van der Waals surface area contributed by atoms with Gasteiger partial charge in [0, 0.05) is 5.02 Å². The van der Waals surface area contributed by atoms with Gasteiger partial charge in [0.15, 0.2) is 0 Å². The second-order valence-corrected chi connectivity index (χ2v) is 3.72. The molecule has 1 aromatic carbocycles. The van der Waals surface area contributed by atoms with E-state index in [-0.39, 0.29) is 12.2 Å². The number of allylic oxidation sites excluding steroid dienone is 1. The van der Waals surface area contributed by atoms with Crippen LogP contribution in [0.15, 0.2) is 29.8 Å². The van der Waals surface area contributed by atoms with Crippen LogP contribution in [0.1, 0.15) is 19.4 Å². The van der Waals surface area contributed by atoms with Gasteiger partial charge in [-0.1, -0.05) is 29.8 Å². The van der Waals surface area contributed by atoms with Crippen molar-refractivity contribution >= 4 is 23.1 Å². The first-order valence-electron chi connectivity index (χ1n) is 5.14. The summed E-state index contributed by atoms with van der Waals surface area (Å²) in [6.45, 7) is 3.61. The average molecular weight is 250 g/mol. The number of ether oxygens (including phenoxy) is 1.